The van der Waals surface area contributed by atoms with Gasteiger partial charge < -0.3 is 9.47 Å². The molecular formula is C15H19NO3. The molecule has 1 aromatic carbocycles. The smallest absolute Gasteiger partial charge is 0.231 e. The van der Waals surface area contributed by atoms with Crippen molar-refractivity contribution in [2.24, 2.45) is 0 Å². The average molecular weight is 269 g/mol. The Morgan fingerprint density at radius 1 is 1.37 bits per heavy atom. The van der Waals surface area contributed by atoms with E-state index in [4.69, 9.17) is 20.4 Å². The molecule has 2 aliphatic heterocycles. The molecule has 3 rings (SSSR count). The fraction of sp³-hybridized carbons (Fsp3) is 0.533. The first-order valence-electron chi connectivity index (χ1n) is 10.0. The molecule has 0 aromatic heterocycles. The molecule has 102 valence electrons. The van der Waals surface area contributed by atoms with E-state index in [-0.39, 0.29) is 18.8 Å². The fourth-order valence-electron chi connectivity index (χ4n) is 2.09. The summed E-state index contributed by atoms with van der Waals surface area (Å²) in [5.41, 5.74) is 0.116. The number of benzene rings is 1. The van der Waals surface area contributed by atoms with Gasteiger partial charge >= 0.3 is 0 Å². The lowest BCUT2D eigenvalue weighted by Gasteiger charge is -2.25. The van der Waals surface area contributed by atoms with Gasteiger partial charge in [0, 0.05) is 16.5 Å². The van der Waals surface area contributed by atoms with Crippen LogP contribution < -0.4 is 9.47 Å². The van der Waals surface area contributed by atoms with Crippen LogP contribution in [0.3, 0.4) is 0 Å². The van der Waals surface area contributed by atoms with E-state index in [1.54, 1.807) is 0 Å². The highest BCUT2D eigenvalue weighted by Gasteiger charge is 2.28. The lowest BCUT2D eigenvalue weighted by atomic mass is 10.0. The van der Waals surface area contributed by atoms with Crippen LogP contribution in [0.15, 0.2) is 18.2 Å². The van der Waals surface area contributed by atoms with Crippen molar-refractivity contribution in [2.45, 2.75) is 32.1 Å². The van der Waals surface area contributed by atoms with Crippen LogP contribution in [0.5, 0.6) is 11.5 Å². The van der Waals surface area contributed by atoms with Crippen molar-refractivity contribution >= 4 is 5.78 Å². The van der Waals surface area contributed by atoms with Crippen molar-refractivity contribution in [1.82, 2.24) is 4.90 Å². The normalized spacial score (nSPS) is 36.5. The molecule has 1 atom stereocenters. The summed E-state index contributed by atoms with van der Waals surface area (Å²) in [5, 5.41) is 0. The highest BCUT2D eigenvalue weighted by atomic mass is 16.7. The van der Waals surface area contributed by atoms with Gasteiger partial charge in [0.15, 0.2) is 17.3 Å². The van der Waals surface area contributed by atoms with Crippen molar-refractivity contribution < 1.29 is 25.2 Å². The molecular weight excluding hydrogens is 242 g/mol. The summed E-state index contributed by atoms with van der Waals surface area (Å²) in [6.45, 7) is -4.56. The zero-order valence-electron chi connectivity index (χ0n) is 18.4. The van der Waals surface area contributed by atoms with Gasteiger partial charge in [-0.2, -0.15) is 0 Å². The predicted molar refractivity (Wildman–Crippen MR) is 71.8 cm³/mol. The maximum atomic E-state index is 13.0. The third kappa shape index (κ3) is 2.32. The molecule has 1 aromatic rings. The van der Waals surface area contributed by atoms with E-state index < -0.39 is 37.6 Å². The minimum Gasteiger partial charge on any atom is -0.454 e. The van der Waals surface area contributed by atoms with Gasteiger partial charge in [0.25, 0.3) is 0 Å². The Morgan fingerprint density at radius 2 is 2.11 bits per heavy atom. The van der Waals surface area contributed by atoms with E-state index >= 15 is 0 Å². The number of likely N-dealkylation sites (tertiary alicyclic amines) is 1. The number of carbonyl (C=O) groups is 1. The monoisotopic (exact) mass is 269 g/mol. The third-order valence-corrected chi connectivity index (χ3v) is 3.07. The maximum absolute atomic E-state index is 13.0. The molecule has 4 nitrogen and oxygen atoms in total. The highest BCUT2D eigenvalue weighted by Crippen LogP contribution is 2.33. The van der Waals surface area contributed by atoms with Crippen LogP contribution in [-0.2, 0) is 0 Å². The number of nitrogens with zero attached hydrogens (tertiary/aromatic N) is 1. The predicted octanol–water partition coefficient (Wildman–Crippen LogP) is 2.47. The second-order valence-corrected chi connectivity index (χ2v) is 4.20. The number of hydrogen-bond donors (Lipinski definition) is 0. The molecule has 1 fully saturated rings. The number of fused-ring (bicyclic) bond motifs is 1. The van der Waals surface area contributed by atoms with Gasteiger partial charge in [-0.05, 0) is 50.4 Å². The Balaban J connectivity index is 2.05. The molecule has 0 bridgehead atoms. The van der Waals surface area contributed by atoms with Crippen LogP contribution in [-0.4, -0.2) is 36.5 Å². The number of carbonyl (C=O) groups excluding carboxylic acids is 1. The number of ketones is 1. The van der Waals surface area contributed by atoms with E-state index in [1.165, 1.54) is 25.1 Å². The van der Waals surface area contributed by atoms with Crippen molar-refractivity contribution in [3.63, 3.8) is 0 Å². The summed E-state index contributed by atoms with van der Waals surface area (Å²) in [7, 11) is 0. The minimum absolute atomic E-state index is 0.00181. The van der Waals surface area contributed by atoms with E-state index in [0.29, 0.717) is 16.4 Å². The Hall–Kier alpha value is -1.55. The quantitative estimate of drug-likeness (QED) is 0.787. The van der Waals surface area contributed by atoms with Crippen LogP contribution in [0, 0.1) is 0 Å². The van der Waals surface area contributed by atoms with Crippen molar-refractivity contribution in [2.75, 3.05) is 19.8 Å². The van der Waals surface area contributed by atoms with E-state index in [2.05, 4.69) is 0 Å². The van der Waals surface area contributed by atoms with Crippen LogP contribution in [0.2, 0.25) is 0 Å². The zero-order valence-corrected chi connectivity index (χ0v) is 10.4. The van der Waals surface area contributed by atoms with Gasteiger partial charge in [0.2, 0.25) is 6.79 Å². The number of rotatable bonds is 4. The average Bonchev–Trinajstić information content (AvgIpc) is 3.07. The molecule has 0 aliphatic carbocycles. The van der Waals surface area contributed by atoms with Gasteiger partial charge in [-0.25, -0.2) is 0 Å². The molecule has 1 unspecified atom stereocenters. The third-order valence-electron chi connectivity index (χ3n) is 3.07. The molecule has 19 heavy (non-hydrogen) atoms. The van der Waals surface area contributed by atoms with Crippen LogP contribution >= 0.6 is 0 Å². The Kier molecular flexibility index (Phi) is 1.72. The first kappa shape index (κ1) is 6.27. The summed E-state index contributed by atoms with van der Waals surface area (Å²) in [4.78, 5) is 13.4. The van der Waals surface area contributed by atoms with Gasteiger partial charge in [-0.1, -0.05) is 6.92 Å². The van der Waals surface area contributed by atoms with E-state index in [1.807, 2.05) is 0 Å². The molecule has 0 N–H and O–H groups in total. The Labute approximate surface area is 124 Å². The van der Waals surface area contributed by atoms with E-state index in [9.17, 15) is 4.79 Å². The fourth-order valence-corrected chi connectivity index (χ4v) is 2.09. The SMILES string of the molecule is [2H]C1([2H])N(C(CC)C(=O)c2ccc3c(c2)OCO3)C([2H])([2H])C([2H])([2H])C1([2H])[2H]. The summed E-state index contributed by atoms with van der Waals surface area (Å²) in [6.07, 6.45) is -6.39. The lowest BCUT2D eigenvalue weighted by molar-refractivity contribution is 0.0843. The summed E-state index contributed by atoms with van der Waals surface area (Å²) < 4.78 is 74.4. The molecule has 2 aliphatic rings. The molecule has 0 radical (unpaired) electrons. The van der Waals surface area contributed by atoms with E-state index in [0.717, 1.165) is 0 Å². The first-order chi connectivity index (χ1) is 12.3. The van der Waals surface area contributed by atoms with Gasteiger partial charge in [0.1, 0.15) is 0 Å². The molecule has 1 saturated heterocycles. The molecule has 2 heterocycles. The van der Waals surface area contributed by atoms with Gasteiger partial charge in [-0.3, -0.25) is 9.69 Å². The number of ether oxygens (including phenoxy) is 2. The minimum atomic E-state index is -3.17. The summed E-state index contributed by atoms with van der Waals surface area (Å²) in [5.74, 6) is 0.116. The second-order valence-electron chi connectivity index (χ2n) is 4.20. The maximum Gasteiger partial charge on any atom is 0.231 e. The highest BCUT2D eigenvalue weighted by molar-refractivity contribution is 6.00. The van der Waals surface area contributed by atoms with Crippen molar-refractivity contribution in [3.05, 3.63) is 23.8 Å². The zero-order chi connectivity index (χ0) is 20.4. The largest absolute Gasteiger partial charge is 0.454 e. The van der Waals surface area contributed by atoms with Crippen LogP contribution in [0.4, 0.5) is 0 Å². The number of Topliss-reactive ketones (excluding diaryl/α,β-unsaturated/α-hetero) is 1. The summed E-state index contributed by atoms with van der Waals surface area (Å²) in [6, 6.07) is 2.93. The first-order valence-corrected chi connectivity index (χ1v) is 6.04. The van der Waals surface area contributed by atoms with Gasteiger partial charge in [0.05, 0.1) is 6.04 Å². The molecule has 4 heteroatoms. The molecule has 0 spiro atoms. The van der Waals surface area contributed by atoms with Gasteiger partial charge in [-0.15, -0.1) is 0 Å². The lowest BCUT2D eigenvalue weighted by Crippen LogP contribution is -2.38. The summed E-state index contributed by atoms with van der Waals surface area (Å²) >= 11 is 0. The van der Waals surface area contributed by atoms with Crippen LogP contribution in [0.25, 0.3) is 0 Å². The number of hydrogen-bond acceptors (Lipinski definition) is 4. The van der Waals surface area contributed by atoms with Crippen molar-refractivity contribution in [3.8, 4) is 11.5 Å². The standard InChI is InChI=1S/C15H19NO3/c1-2-12(16-7-3-4-8-16)15(17)11-5-6-13-14(9-11)19-10-18-13/h5-6,9,12H,2-4,7-8,10H2,1H3/i3D2,4D2,7D2,8D2. The molecule has 0 amide bonds. The molecule has 0 saturated carbocycles. The Bertz CT molecular complexity index is 756. The Morgan fingerprint density at radius 3 is 2.84 bits per heavy atom. The van der Waals surface area contributed by atoms with Crippen LogP contribution in [0.1, 0.15) is 47.4 Å². The second kappa shape index (κ2) is 5.21. The topological polar surface area (TPSA) is 38.8 Å². The van der Waals surface area contributed by atoms with Crippen molar-refractivity contribution in [1.29, 1.82) is 0 Å².